The number of rotatable bonds is 8. The standard InChI is InChI=1S/C22H24N4O/c23-22(25-15-13-18-6-2-1-3-7-18)26-16-19-9-11-21(12-10-19)27-17-20-8-4-5-14-24-20/h1-12,14H,13,15-17H2,(H3,23,25,26). The number of benzene rings is 2. The molecule has 1 heterocycles. The highest BCUT2D eigenvalue weighted by atomic mass is 16.5. The van der Waals surface area contributed by atoms with Crippen LogP contribution in [0.3, 0.4) is 0 Å². The normalized spacial score (nSPS) is 11.2. The number of guanidine groups is 1. The third-order valence-electron chi connectivity index (χ3n) is 4.03. The summed E-state index contributed by atoms with van der Waals surface area (Å²) in [6, 6.07) is 23.9. The fraction of sp³-hybridized carbons (Fsp3) is 0.182. The van der Waals surface area contributed by atoms with Crippen LogP contribution >= 0.6 is 0 Å². The van der Waals surface area contributed by atoms with Crippen LogP contribution in [-0.2, 0) is 19.6 Å². The zero-order valence-electron chi connectivity index (χ0n) is 15.2. The Labute approximate surface area is 159 Å². The second kappa shape index (κ2) is 9.97. The summed E-state index contributed by atoms with van der Waals surface area (Å²) >= 11 is 0. The highest BCUT2D eigenvalue weighted by molar-refractivity contribution is 5.77. The second-order valence-electron chi connectivity index (χ2n) is 6.12. The van der Waals surface area contributed by atoms with E-state index in [-0.39, 0.29) is 0 Å². The fourth-order valence-electron chi connectivity index (χ4n) is 2.54. The van der Waals surface area contributed by atoms with E-state index in [0.717, 1.165) is 30.0 Å². The van der Waals surface area contributed by atoms with Crippen LogP contribution in [0.15, 0.2) is 84.0 Å². The van der Waals surface area contributed by atoms with Crippen LogP contribution in [0.25, 0.3) is 0 Å². The first-order valence-electron chi connectivity index (χ1n) is 8.99. The van der Waals surface area contributed by atoms with Gasteiger partial charge in [-0.25, -0.2) is 4.99 Å². The van der Waals surface area contributed by atoms with E-state index >= 15 is 0 Å². The zero-order valence-corrected chi connectivity index (χ0v) is 15.2. The molecule has 2 aromatic carbocycles. The van der Waals surface area contributed by atoms with Gasteiger partial charge in [0.1, 0.15) is 12.4 Å². The van der Waals surface area contributed by atoms with Crippen molar-refractivity contribution in [2.45, 2.75) is 19.6 Å². The van der Waals surface area contributed by atoms with Gasteiger partial charge in [0, 0.05) is 12.7 Å². The van der Waals surface area contributed by atoms with Crippen LogP contribution in [0.4, 0.5) is 0 Å². The molecule has 27 heavy (non-hydrogen) atoms. The Kier molecular flexibility index (Phi) is 6.81. The van der Waals surface area contributed by atoms with Crippen LogP contribution in [0, 0.1) is 0 Å². The Morgan fingerprint density at radius 2 is 1.70 bits per heavy atom. The van der Waals surface area contributed by atoms with Gasteiger partial charge >= 0.3 is 0 Å². The number of ether oxygens (including phenoxy) is 1. The maximum Gasteiger partial charge on any atom is 0.188 e. The van der Waals surface area contributed by atoms with Crippen molar-refractivity contribution < 1.29 is 4.74 Å². The third-order valence-corrected chi connectivity index (χ3v) is 4.03. The Bertz CT molecular complexity index is 833. The smallest absolute Gasteiger partial charge is 0.188 e. The molecule has 5 nitrogen and oxygen atoms in total. The molecule has 3 N–H and O–H groups in total. The van der Waals surface area contributed by atoms with Gasteiger partial charge in [0.2, 0.25) is 0 Å². The van der Waals surface area contributed by atoms with Crippen LogP contribution in [0.1, 0.15) is 16.8 Å². The average Bonchev–Trinajstić information content (AvgIpc) is 2.73. The Hall–Kier alpha value is -3.34. The first-order valence-corrected chi connectivity index (χ1v) is 8.99. The summed E-state index contributed by atoms with van der Waals surface area (Å²) in [5, 5.41) is 3.15. The number of nitrogens with zero attached hydrogens (tertiary/aromatic N) is 2. The quantitative estimate of drug-likeness (QED) is 0.477. The number of pyridine rings is 1. The van der Waals surface area contributed by atoms with Gasteiger partial charge < -0.3 is 15.8 Å². The minimum Gasteiger partial charge on any atom is -0.487 e. The summed E-state index contributed by atoms with van der Waals surface area (Å²) in [6.45, 7) is 1.75. The number of hydrogen-bond donors (Lipinski definition) is 2. The number of aromatic nitrogens is 1. The minimum absolute atomic E-state index is 0.455. The zero-order chi connectivity index (χ0) is 18.7. The number of hydrogen-bond acceptors (Lipinski definition) is 3. The third kappa shape index (κ3) is 6.47. The van der Waals surface area contributed by atoms with Crippen LogP contribution in [-0.4, -0.2) is 17.5 Å². The summed E-state index contributed by atoms with van der Waals surface area (Å²) in [5.74, 6) is 1.27. The van der Waals surface area contributed by atoms with E-state index in [9.17, 15) is 0 Å². The van der Waals surface area contributed by atoms with Gasteiger partial charge in [0.05, 0.1) is 12.2 Å². The molecule has 3 rings (SSSR count). The number of nitrogens with two attached hydrogens (primary N) is 1. The van der Waals surface area contributed by atoms with Crippen molar-refractivity contribution >= 4 is 5.96 Å². The summed E-state index contributed by atoms with van der Waals surface area (Å²) in [5.41, 5.74) is 9.19. The SMILES string of the molecule is NC(=NCc1ccc(OCc2ccccn2)cc1)NCCc1ccccc1. The highest BCUT2D eigenvalue weighted by Crippen LogP contribution is 2.14. The van der Waals surface area contributed by atoms with Crippen molar-refractivity contribution in [2.75, 3.05) is 6.54 Å². The Morgan fingerprint density at radius 1 is 0.926 bits per heavy atom. The van der Waals surface area contributed by atoms with Gasteiger partial charge in [-0.2, -0.15) is 0 Å². The number of nitrogens with one attached hydrogen (secondary N) is 1. The molecule has 0 radical (unpaired) electrons. The van der Waals surface area contributed by atoms with Gasteiger partial charge in [-0.1, -0.05) is 48.5 Å². The molecule has 0 aliphatic rings. The number of aliphatic imine (C=N–C) groups is 1. The molecule has 0 saturated carbocycles. The Morgan fingerprint density at radius 3 is 2.44 bits per heavy atom. The average molecular weight is 360 g/mol. The van der Waals surface area contributed by atoms with E-state index in [2.05, 4.69) is 27.4 Å². The van der Waals surface area contributed by atoms with Gasteiger partial charge in [-0.05, 0) is 41.8 Å². The monoisotopic (exact) mass is 360 g/mol. The largest absolute Gasteiger partial charge is 0.487 e. The van der Waals surface area contributed by atoms with Crippen LogP contribution in [0.2, 0.25) is 0 Å². The van der Waals surface area contributed by atoms with E-state index in [1.54, 1.807) is 6.20 Å². The summed E-state index contributed by atoms with van der Waals surface area (Å²) in [7, 11) is 0. The molecule has 0 aliphatic heterocycles. The molecule has 0 bridgehead atoms. The molecular formula is C22H24N4O. The molecule has 0 saturated heterocycles. The summed E-state index contributed by atoms with van der Waals surface area (Å²) in [6.07, 6.45) is 2.68. The maximum absolute atomic E-state index is 5.93. The molecule has 5 heteroatoms. The molecule has 0 fully saturated rings. The molecule has 0 amide bonds. The molecule has 138 valence electrons. The predicted octanol–water partition coefficient (Wildman–Crippen LogP) is 3.31. The summed E-state index contributed by atoms with van der Waals surface area (Å²) in [4.78, 5) is 8.62. The molecular weight excluding hydrogens is 336 g/mol. The molecule has 0 unspecified atom stereocenters. The molecule has 3 aromatic rings. The van der Waals surface area contributed by atoms with Crippen molar-refractivity contribution in [3.63, 3.8) is 0 Å². The van der Waals surface area contributed by atoms with E-state index in [1.165, 1.54) is 5.56 Å². The minimum atomic E-state index is 0.455. The van der Waals surface area contributed by atoms with Gasteiger partial charge in [0.25, 0.3) is 0 Å². The molecule has 0 spiro atoms. The lowest BCUT2D eigenvalue weighted by Gasteiger charge is -2.07. The van der Waals surface area contributed by atoms with Crippen molar-refractivity contribution in [3.8, 4) is 5.75 Å². The first kappa shape index (κ1) is 18.5. The van der Waals surface area contributed by atoms with E-state index < -0.39 is 0 Å². The van der Waals surface area contributed by atoms with Crippen molar-refractivity contribution in [1.82, 2.24) is 10.3 Å². The maximum atomic E-state index is 5.93. The molecule has 0 aliphatic carbocycles. The Balaban J connectivity index is 1.41. The van der Waals surface area contributed by atoms with E-state index in [1.807, 2.05) is 60.7 Å². The van der Waals surface area contributed by atoms with E-state index in [0.29, 0.717) is 19.1 Å². The van der Waals surface area contributed by atoms with Crippen LogP contribution < -0.4 is 15.8 Å². The second-order valence-corrected chi connectivity index (χ2v) is 6.12. The lowest BCUT2D eigenvalue weighted by atomic mass is 10.1. The predicted molar refractivity (Wildman–Crippen MR) is 108 cm³/mol. The van der Waals surface area contributed by atoms with Gasteiger partial charge in [-0.3, -0.25) is 4.98 Å². The molecule has 0 atom stereocenters. The lowest BCUT2D eigenvalue weighted by Crippen LogP contribution is -2.33. The fourth-order valence-corrected chi connectivity index (χ4v) is 2.54. The van der Waals surface area contributed by atoms with E-state index in [4.69, 9.17) is 10.5 Å². The van der Waals surface area contributed by atoms with Crippen LogP contribution in [0.5, 0.6) is 5.75 Å². The van der Waals surface area contributed by atoms with Crippen molar-refractivity contribution in [1.29, 1.82) is 0 Å². The lowest BCUT2D eigenvalue weighted by molar-refractivity contribution is 0.301. The van der Waals surface area contributed by atoms with Gasteiger partial charge in [-0.15, -0.1) is 0 Å². The van der Waals surface area contributed by atoms with Crippen molar-refractivity contribution in [3.05, 3.63) is 95.8 Å². The first-order chi connectivity index (χ1) is 13.3. The van der Waals surface area contributed by atoms with Gasteiger partial charge in [0.15, 0.2) is 5.96 Å². The topological polar surface area (TPSA) is 72.5 Å². The summed E-state index contributed by atoms with van der Waals surface area (Å²) < 4.78 is 5.73. The van der Waals surface area contributed by atoms with Crippen molar-refractivity contribution in [2.24, 2.45) is 10.7 Å². The highest BCUT2D eigenvalue weighted by Gasteiger charge is 1.99. The molecule has 1 aromatic heterocycles.